The maximum atomic E-state index is 13.4. The number of nitrogens with one attached hydrogen (secondary N) is 1. The van der Waals surface area contributed by atoms with Gasteiger partial charge in [0.15, 0.2) is 0 Å². The fraction of sp³-hybridized carbons (Fsp3) is 0.333. The van der Waals surface area contributed by atoms with E-state index in [1.807, 2.05) is 0 Å². The molecular weight excluding hydrogens is 379 g/mol. The molecule has 0 bridgehead atoms. The number of nitrogens with zero attached hydrogens (tertiary/aromatic N) is 1. The Labute approximate surface area is 157 Å². The Morgan fingerprint density at radius 3 is 2.42 bits per heavy atom. The summed E-state index contributed by atoms with van der Waals surface area (Å²) in [6.45, 7) is 1.29. The molecule has 0 unspecified atom stereocenters. The van der Waals surface area contributed by atoms with Crippen molar-refractivity contribution >= 4 is 27.5 Å². The average Bonchev–Trinajstić information content (AvgIpc) is 2.64. The quantitative estimate of drug-likeness (QED) is 0.793. The Balaban J connectivity index is 1.58. The lowest BCUT2D eigenvalue weighted by molar-refractivity contribution is 0.305. The number of piperidine rings is 1. The van der Waals surface area contributed by atoms with E-state index in [1.54, 1.807) is 30.3 Å². The van der Waals surface area contributed by atoms with Crippen LogP contribution in [0.4, 0.5) is 10.1 Å². The maximum Gasteiger partial charge on any atom is 0.301 e. The molecule has 2 aromatic rings. The molecule has 3 rings (SSSR count). The molecule has 0 aliphatic carbocycles. The molecule has 1 heterocycles. The normalized spacial score (nSPS) is 15.6. The van der Waals surface area contributed by atoms with Crippen molar-refractivity contribution in [1.29, 1.82) is 0 Å². The van der Waals surface area contributed by atoms with Crippen molar-refractivity contribution in [3.63, 3.8) is 0 Å². The van der Waals surface area contributed by atoms with Gasteiger partial charge in [0.25, 0.3) is 0 Å². The second kappa shape index (κ2) is 8.24. The van der Waals surface area contributed by atoms with Crippen LogP contribution < -0.4 is 9.46 Å². The molecule has 0 atom stereocenters. The van der Waals surface area contributed by atoms with Gasteiger partial charge < -0.3 is 4.74 Å². The molecule has 1 N–H and O–H groups in total. The molecule has 0 amide bonds. The van der Waals surface area contributed by atoms with Gasteiger partial charge in [-0.2, -0.15) is 12.7 Å². The molecule has 8 heteroatoms. The van der Waals surface area contributed by atoms with Gasteiger partial charge in [-0.3, -0.25) is 4.72 Å². The molecular formula is C18H20ClFN2O3S. The number of rotatable bonds is 6. The van der Waals surface area contributed by atoms with Crippen LogP contribution in [0.1, 0.15) is 24.8 Å². The summed E-state index contributed by atoms with van der Waals surface area (Å²) in [5.74, 6) is 0.0662. The van der Waals surface area contributed by atoms with Crippen LogP contribution in [-0.4, -0.2) is 25.8 Å². The molecule has 1 aliphatic rings. The molecule has 0 spiro atoms. The first-order valence-electron chi connectivity index (χ1n) is 8.39. The molecule has 0 radical (unpaired) electrons. The zero-order chi connectivity index (χ0) is 18.6. The summed E-state index contributed by atoms with van der Waals surface area (Å²) < 4.78 is 47.7. The lowest BCUT2D eigenvalue weighted by Crippen LogP contribution is -2.39. The summed E-state index contributed by atoms with van der Waals surface area (Å²) >= 11 is 5.65. The highest BCUT2D eigenvalue weighted by Crippen LogP contribution is 2.21. The summed E-state index contributed by atoms with van der Waals surface area (Å²) in [4.78, 5) is 0. The third kappa shape index (κ3) is 4.87. The molecule has 26 heavy (non-hydrogen) atoms. The van der Waals surface area contributed by atoms with Crippen LogP contribution in [0.3, 0.4) is 0 Å². The predicted molar refractivity (Wildman–Crippen MR) is 100 cm³/mol. The van der Waals surface area contributed by atoms with Gasteiger partial charge in [0, 0.05) is 13.1 Å². The van der Waals surface area contributed by atoms with Crippen LogP contribution in [0.15, 0.2) is 42.5 Å². The second-order valence-electron chi connectivity index (χ2n) is 6.13. The Kier molecular flexibility index (Phi) is 6.01. The van der Waals surface area contributed by atoms with E-state index >= 15 is 0 Å². The number of hydrogen-bond acceptors (Lipinski definition) is 3. The fourth-order valence-electron chi connectivity index (χ4n) is 2.73. The van der Waals surface area contributed by atoms with Crippen molar-refractivity contribution in [2.45, 2.75) is 25.9 Å². The van der Waals surface area contributed by atoms with Crippen molar-refractivity contribution < 1.29 is 17.5 Å². The minimum absolute atomic E-state index is 0.0686. The summed E-state index contributed by atoms with van der Waals surface area (Å²) in [6, 6.07) is 11.1. The van der Waals surface area contributed by atoms with Gasteiger partial charge in [0.1, 0.15) is 18.2 Å². The SMILES string of the molecule is O=S(=O)(Nc1ccc(OCc2ccc(Cl)c(F)c2)cc1)N1CCCCC1. The van der Waals surface area contributed by atoms with E-state index in [0.717, 1.165) is 19.3 Å². The van der Waals surface area contributed by atoms with Crippen molar-refractivity contribution in [3.8, 4) is 5.75 Å². The smallest absolute Gasteiger partial charge is 0.301 e. The van der Waals surface area contributed by atoms with Gasteiger partial charge in [-0.1, -0.05) is 24.1 Å². The standard InChI is InChI=1S/C18H20ClFN2O3S/c19-17-9-4-14(12-18(17)20)13-25-16-7-5-15(6-8-16)21-26(23,24)22-10-2-1-3-11-22/h4-9,12,21H,1-3,10-11,13H2. The Morgan fingerprint density at radius 2 is 1.77 bits per heavy atom. The summed E-state index contributed by atoms with van der Waals surface area (Å²) in [5.41, 5.74) is 1.13. The summed E-state index contributed by atoms with van der Waals surface area (Å²) in [7, 11) is -3.53. The summed E-state index contributed by atoms with van der Waals surface area (Å²) in [6.07, 6.45) is 2.84. The van der Waals surface area contributed by atoms with Crippen molar-refractivity contribution in [1.82, 2.24) is 4.31 Å². The average molecular weight is 399 g/mol. The zero-order valence-electron chi connectivity index (χ0n) is 14.1. The number of halogens is 2. The van der Waals surface area contributed by atoms with Gasteiger partial charge in [0.2, 0.25) is 0 Å². The summed E-state index contributed by atoms with van der Waals surface area (Å²) in [5, 5.41) is 0.0686. The third-order valence-corrected chi connectivity index (χ3v) is 5.99. The van der Waals surface area contributed by atoms with Crippen LogP contribution >= 0.6 is 11.6 Å². The first kappa shape index (κ1) is 18.9. The van der Waals surface area contributed by atoms with Gasteiger partial charge in [-0.25, -0.2) is 4.39 Å². The predicted octanol–water partition coefficient (Wildman–Crippen LogP) is 4.20. The molecule has 1 saturated heterocycles. The van der Waals surface area contributed by atoms with E-state index < -0.39 is 16.0 Å². The highest BCUT2D eigenvalue weighted by Gasteiger charge is 2.23. The van der Waals surface area contributed by atoms with Crippen LogP contribution in [-0.2, 0) is 16.8 Å². The molecule has 140 valence electrons. The number of ether oxygens (including phenoxy) is 1. The zero-order valence-corrected chi connectivity index (χ0v) is 15.7. The second-order valence-corrected chi connectivity index (χ2v) is 8.21. The van der Waals surface area contributed by atoms with Crippen molar-refractivity contribution in [2.75, 3.05) is 17.8 Å². The minimum atomic E-state index is -3.53. The van der Waals surface area contributed by atoms with E-state index in [4.69, 9.17) is 16.3 Å². The molecule has 1 aliphatic heterocycles. The molecule has 0 saturated carbocycles. The van der Waals surface area contributed by atoms with Gasteiger partial charge >= 0.3 is 10.2 Å². The van der Waals surface area contributed by atoms with Crippen LogP contribution in [0.5, 0.6) is 5.75 Å². The topological polar surface area (TPSA) is 58.6 Å². The van der Waals surface area contributed by atoms with Crippen molar-refractivity contribution in [3.05, 3.63) is 58.9 Å². The highest BCUT2D eigenvalue weighted by atomic mass is 35.5. The Hall–Kier alpha value is -1.83. The highest BCUT2D eigenvalue weighted by molar-refractivity contribution is 7.90. The van der Waals surface area contributed by atoms with Crippen LogP contribution in [0.25, 0.3) is 0 Å². The van der Waals surface area contributed by atoms with Crippen molar-refractivity contribution in [2.24, 2.45) is 0 Å². The van der Waals surface area contributed by atoms with Gasteiger partial charge in [0.05, 0.1) is 10.7 Å². The first-order valence-corrected chi connectivity index (χ1v) is 10.2. The van der Waals surface area contributed by atoms with Gasteiger partial charge in [-0.05, 0) is 54.8 Å². The molecule has 5 nitrogen and oxygen atoms in total. The molecule has 1 fully saturated rings. The monoisotopic (exact) mass is 398 g/mol. The fourth-order valence-corrected chi connectivity index (χ4v) is 4.15. The van der Waals surface area contributed by atoms with Crippen LogP contribution in [0.2, 0.25) is 5.02 Å². The Bertz CT molecular complexity index is 853. The third-order valence-electron chi connectivity index (χ3n) is 4.15. The molecule has 0 aromatic heterocycles. The minimum Gasteiger partial charge on any atom is -0.489 e. The van der Waals surface area contributed by atoms with E-state index in [1.165, 1.54) is 16.4 Å². The van der Waals surface area contributed by atoms with E-state index in [-0.39, 0.29) is 11.6 Å². The number of anilines is 1. The van der Waals surface area contributed by atoms with E-state index in [0.29, 0.717) is 30.1 Å². The van der Waals surface area contributed by atoms with Gasteiger partial charge in [-0.15, -0.1) is 0 Å². The van der Waals surface area contributed by atoms with E-state index in [2.05, 4.69) is 4.72 Å². The Morgan fingerprint density at radius 1 is 1.08 bits per heavy atom. The van der Waals surface area contributed by atoms with E-state index in [9.17, 15) is 12.8 Å². The lowest BCUT2D eigenvalue weighted by atomic mass is 10.2. The number of hydrogen-bond donors (Lipinski definition) is 1. The molecule has 2 aromatic carbocycles. The largest absolute Gasteiger partial charge is 0.489 e. The maximum absolute atomic E-state index is 13.4. The first-order chi connectivity index (χ1) is 12.4. The number of benzene rings is 2. The van der Waals surface area contributed by atoms with Crippen LogP contribution in [0, 0.1) is 5.82 Å². The lowest BCUT2D eigenvalue weighted by Gasteiger charge is -2.26.